The highest BCUT2D eigenvalue weighted by atomic mass is 127. The zero-order valence-corrected chi connectivity index (χ0v) is 8.34. The minimum absolute atomic E-state index is 0.251. The number of alkyl halides is 2. The molecule has 0 bridgehead atoms. The molecule has 70 valence electrons. The number of carbonyl (C=O) groups is 1. The van der Waals surface area contributed by atoms with E-state index in [1.165, 1.54) is 0 Å². The molecule has 0 fully saturated rings. The smallest absolute Gasteiger partial charge is 0.269 e. The molecule has 1 aromatic heterocycles. The largest absolute Gasteiger partial charge is 0.355 e. The van der Waals surface area contributed by atoms with Gasteiger partial charge in [-0.15, -0.1) is 0 Å². The van der Waals surface area contributed by atoms with E-state index in [9.17, 15) is 18.4 Å². The van der Waals surface area contributed by atoms with Gasteiger partial charge in [0.2, 0.25) is 5.43 Å². The van der Waals surface area contributed by atoms with Crippen LogP contribution in [0.2, 0.25) is 0 Å². The van der Waals surface area contributed by atoms with Gasteiger partial charge in [0.05, 0.1) is 14.8 Å². The van der Waals surface area contributed by atoms with E-state index in [2.05, 4.69) is 4.98 Å². The Hall–Kier alpha value is -0.790. The average molecular weight is 299 g/mol. The van der Waals surface area contributed by atoms with Gasteiger partial charge in [0, 0.05) is 6.20 Å². The van der Waals surface area contributed by atoms with Gasteiger partial charge in [-0.05, 0) is 22.6 Å². The van der Waals surface area contributed by atoms with Crippen molar-refractivity contribution >= 4 is 28.9 Å². The summed E-state index contributed by atoms with van der Waals surface area (Å²) in [4.78, 5) is 23.9. The van der Waals surface area contributed by atoms with Gasteiger partial charge < -0.3 is 4.98 Å². The first-order chi connectivity index (χ1) is 6.07. The SMILES string of the molecule is O=Cc1c(I)[nH]cc(C(F)F)c1=O. The molecule has 0 radical (unpaired) electrons. The second-order valence-corrected chi connectivity index (χ2v) is 3.30. The third-order valence-corrected chi connectivity index (χ3v) is 2.34. The van der Waals surface area contributed by atoms with Crippen molar-refractivity contribution in [2.45, 2.75) is 6.43 Å². The molecule has 13 heavy (non-hydrogen) atoms. The van der Waals surface area contributed by atoms with Crippen molar-refractivity contribution in [1.29, 1.82) is 0 Å². The zero-order valence-electron chi connectivity index (χ0n) is 6.18. The van der Waals surface area contributed by atoms with Crippen LogP contribution in [0.1, 0.15) is 22.3 Å². The molecule has 0 saturated carbocycles. The zero-order chi connectivity index (χ0) is 10.0. The Bertz CT molecular complexity index is 389. The molecule has 0 aromatic carbocycles. The fourth-order valence-corrected chi connectivity index (χ4v) is 1.33. The van der Waals surface area contributed by atoms with Crippen molar-refractivity contribution in [2.24, 2.45) is 0 Å². The summed E-state index contributed by atoms with van der Waals surface area (Å²) in [5.41, 5.74) is -1.84. The number of pyridine rings is 1. The maximum absolute atomic E-state index is 12.1. The maximum Gasteiger partial charge on any atom is 0.269 e. The van der Waals surface area contributed by atoms with E-state index in [0.29, 0.717) is 0 Å². The number of halogens is 3. The van der Waals surface area contributed by atoms with E-state index >= 15 is 0 Å². The highest BCUT2D eigenvalue weighted by molar-refractivity contribution is 14.1. The van der Waals surface area contributed by atoms with Gasteiger partial charge in [0.25, 0.3) is 6.43 Å². The summed E-state index contributed by atoms with van der Waals surface area (Å²) in [6.45, 7) is 0. The van der Waals surface area contributed by atoms with E-state index in [1.54, 1.807) is 22.6 Å². The summed E-state index contributed by atoms with van der Waals surface area (Å²) in [6, 6.07) is 0. The Balaban J connectivity index is 3.45. The Morgan fingerprint density at radius 1 is 1.54 bits per heavy atom. The lowest BCUT2D eigenvalue weighted by Crippen LogP contribution is -2.17. The number of aromatic amines is 1. The fraction of sp³-hybridized carbons (Fsp3) is 0.143. The Morgan fingerprint density at radius 3 is 2.62 bits per heavy atom. The van der Waals surface area contributed by atoms with Crippen molar-refractivity contribution in [1.82, 2.24) is 4.98 Å². The summed E-state index contributed by atoms with van der Waals surface area (Å²) >= 11 is 1.69. The summed E-state index contributed by atoms with van der Waals surface area (Å²) in [7, 11) is 0. The van der Waals surface area contributed by atoms with Crippen molar-refractivity contribution in [2.75, 3.05) is 0 Å². The Kier molecular flexibility index (Phi) is 3.12. The molecule has 3 nitrogen and oxygen atoms in total. The summed E-state index contributed by atoms with van der Waals surface area (Å²) in [5.74, 6) is 0. The van der Waals surface area contributed by atoms with Crippen molar-refractivity contribution in [3.05, 3.63) is 31.2 Å². The molecule has 0 amide bonds. The molecule has 1 aromatic rings. The Morgan fingerprint density at radius 2 is 2.15 bits per heavy atom. The normalized spacial score (nSPS) is 10.5. The van der Waals surface area contributed by atoms with Crippen molar-refractivity contribution in [3.8, 4) is 0 Å². The molecule has 0 saturated heterocycles. The topological polar surface area (TPSA) is 49.9 Å². The molecule has 6 heteroatoms. The van der Waals surface area contributed by atoms with Crippen molar-refractivity contribution in [3.63, 3.8) is 0 Å². The quantitative estimate of drug-likeness (QED) is 0.513. The van der Waals surface area contributed by atoms with Crippen LogP contribution in [-0.2, 0) is 0 Å². The van der Waals surface area contributed by atoms with E-state index in [-0.39, 0.29) is 15.6 Å². The van der Waals surface area contributed by atoms with E-state index in [0.717, 1.165) is 6.20 Å². The molecule has 0 unspecified atom stereocenters. The predicted molar refractivity (Wildman–Crippen MR) is 50.1 cm³/mol. The lowest BCUT2D eigenvalue weighted by molar-refractivity contribution is 0.112. The van der Waals surface area contributed by atoms with Crippen LogP contribution in [0.3, 0.4) is 0 Å². The van der Waals surface area contributed by atoms with Gasteiger partial charge >= 0.3 is 0 Å². The number of aromatic nitrogens is 1. The first-order valence-corrected chi connectivity index (χ1v) is 4.30. The molecule has 0 aliphatic rings. The highest BCUT2D eigenvalue weighted by Gasteiger charge is 2.16. The van der Waals surface area contributed by atoms with Crippen LogP contribution in [0.5, 0.6) is 0 Å². The molecule has 0 aliphatic heterocycles. The predicted octanol–water partition coefficient (Wildman–Crippen LogP) is 1.73. The fourth-order valence-electron chi connectivity index (χ4n) is 0.807. The van der Waals surface area contributed by atoms with Gasteiger partial charge in [0.1, 0.15) is 0 Å². The summed E-state index contributed by atoms with van der Waals surface area (Å²) < 4.78 is 24.5. The molecule has 0 aliphatic carbocycles. The maximum atomic E-state index is 12.1. The van der Waals surface area contributed by atoms with Gasteiger partial charge in [-0.3, -0.25) is 9.59 Å². The number of hydrogen-bond acceptors (Lipinski definition) is 2. The number of nitrogens with one attached hydrogen (secondary N) is 1. The van der Waals surface area contributed by atoms with Gasteiger partial charge in [-0.1, -0.05) is 0 Å². The van der Waals surface area contributed by atoms with Crippen LogP contribution < -0.4 is 5.43 Å². The number of hydrogen-bond donors (Lipinski definition) is 1. The van der Waals surface area contributed by atoms with Crippen LogP contribution in [0.4, 0.5) is 8.78 Å². The Labute approximate surface area is 85.3 Å². The number of H-pyrrole nitrogens is 1. The van der Waals surface area contributed by atoms with Crippen LogP contribution in [0.25, 0.3) is 0 Å². The van der Waals surface area contributed by atoms with Gasteiger partial charge in [0.15, 0.2) is 6.29 Å². The third kappa shape index (κ3) is 1.93. The molecule has 1 heterocycles. The molecule has 1 N–H and O–H groups in total. The third-order valence-electron chi connectivity index (χ3n) is 1.45. The van der Waals surface area contributed by atoms with E-state index < -0.39 is 17.4 Å². The van der Waals surface area contributed by atoms with Gasteiger partial charge in [-0.2, -0.15) is 0 Å². The number of carbonyl (C=O) groups excluding carboxylic acids is 1. The lowest BCUT2D eigenvalue weighted by Gasteiger charge is -2.00. The lowest BCUT2D eigenvalue weighted by atomic mass is 10.2. The average Bonchev–Trinajstić information content (AvgIpc) is 2.04. The second kappa shape index (κ2) is 3.95. The first kappa shape index (κ1) is 10.3. The minimum atomic E-state index is -2.86. The van der Waals surface area contributed by atoms with Crippen LogP contribution in [-0.4, -0.2) is 11.3 Å². The monoisotopic (exact) mass is 299 g/mol. The number of aldehydes is 1. The van der Waals surface area contributed by atoms with Gasteiger partial charge in [-0.25, -0.2) is 8.78 Å². The van der Waals surface area contributed by atoms with Crippen LogP contribution >= 0.6 is 22.6 Å². The molecule has 0 spiro atoms. The molecule has 0 atom stereocenters. The molecular weight excluding hydrogens is 295 g/mol. The summed E-state index contributed by atoms with van der Waals surface area (Å²) in [5, 5.41) is 0. The molecule has 1 rings (SSSR count). The molecular formula is C7H4F2INO2. The first-order valence-electron chi connectivity index (χ1n) is 3.22. The summed E-state index contributed by atoms with van der Waals surface area (Å²) in [6.07, 6.45) is -1.67. The second-order valence-electron chi connectivity index (χ2n) is 2.22. The van der Waals surface area contributed by atoms with Crippen molar-refractivity contribution < 1.29 is 13.6 Å². The van der Waals surface area contributed by atoms with Crippen LogP contribution in [0, 0.1) is 3.70 Å². The van der Waals surface area contributed by atoms with E-state index in [1.807, 2.05) is 0 Å². The minimum Gasteiger partial charge on any atom is -0.355 e. The van der Waals surface area contributed by atoms with E-state index in [4.69, 9.17) is 0 Å². The van der Waals surface area contributed by atoms with Crippen LogP contribution in [0.15, 0.2) is 11.0 Å². The number of rotatable bonds is 2. The highest BCUT2D eigenvalue weighted by Crippen LogP contribution is 2.15. The standard InChI is InChI=1S/C7H4F2INO2/c8-6(9)3-1-11-7(10)4(2-12)5(3)13/h1-2,6H,(H,11,13).